The number of alkyl halides is 2. The maximum atomic E-state index is 11.7. The smallest absolute Gasteiger partial charge is 0.258 e. The van der Waals surface area contributed by atoms with Crippen molar-refractivity contribution < 1.29 is 9.53 Å². The van der Waals surface area contributed by atoms with Crippen molar-refractivity contribution in [3.63, 3.8) is 0 Å². The molecule has 1 aliphatic heterocycles. The summed E-state index contributed by atoms with van der Waals surface area (Å²) in [5.41, 5.74) is 0.933. The van der Waals surface area contributed by atoms with Crippen LogP contribution in [-0.4, -0.2) is 28.8 Å². The maximum absolute atomic E-state index is 11.7. The fourth-order valence-corrected chi connectivity index (χ4v) is 1.97. The van der Waals surface area contributed by atoms with Gasteiger partial charge in [0.05, 0.1) is 6.61 Å². The topological polar surface area (TPSA) is 29.5 Å². The van der Waals surface area contributed by atoms with E-state index < -0.39 is 4.84 Å². The van der Waals surface area contributed by atoms with Crippen LogP contribution in [0.3, 0.4) is 0 Å². The molecule has 1 aromatic carbocycles. The van der Waals surface area contributed by atoms with Gasteiger partial charge in [-0.15, -0.1) is 0 Å². The first kappa shape index (κ1) is 11.7. The molecule has 0 aromatic heterocycles. The van der Waals surface area contributed by atoms with E-state index in [2.05, 4.69) is 0 Å². The van der Waals surface area contributed by atoms with E-state index in [1.807, 2.05) is 30.3 Å². The normalized spacial score (nSPS) is 20.4. The van der Waals surface area contributed by atoms with Crippen molar-refractivity contribution in [1.82, 2.24) is 4.90 Å². The van der Waals surface area contributed by atoms with Gasteiger partial charge in [0.2, 0.25) is 0 Å². The lowest BCUT2D eigenvalue weighted by molar-refractivity contribution is -0.134. The highest BCUT2D eigenvalue weighted by Crippen LogP contribution is 2.28. The van der Waals surface area contributed by atoms with Gasteiger partial charge in [0.25, 0.3) is 5.91 Å². The fourth-order valence-electron chi connectivity index (χ4n) is 1.71. The molecule has 1 amide bonds. The van der Waals surface area contributed by atoms with Crippen LogP contribution in [0, 0.1) is 0 Å². The molecule has 0 aliphatic carbocycles. The van der Waals surface area contributed by atoms with E-state index in [9.17, 15) is 4.79 Å². The molecule has 86 valence electrons. The maximum Gasteiger partial charge on any atom is 0.258 e. The zero-order valence-electron chi connectivity index (χ0n) is 8.48. The number of rotatable bonds is 2. The lowest BCUT2D eigenvalue weighted by Crippen LogP contribution is -2.34. The summed E-state index contributed by atoms with van der Waals surface area (Å²) in [6.45, 7) is 1.03. The first-order valence-corrected chi connectivity index (χ1v) is 5.82. The number of carbonyl (C=O) groups is 1. The summed E-state index contributed by atoms with van der Waals surface area (Å²) in [7, 11) is 0. The average molecular weight is 260 g/mol. The molecule has 0 radical (unpaired) electrons. The van der Waals surface area contributed by atoms with Crippen LogP contribution in [0.2, 0.25) is 0 Å². The number of hydrogen-bond acceptors (Lipinski definition) is 2. The van der Waals surface area contributed by atoms with Gasteiger partial charge in [0.15, 0.2) is 11.1 Å². The van der Waals surface area contributed by atoms with Gasteiger partial charge in [-0.05, 0) is 0 Å². The second kappa shape index (κ2) is 5.04. The molecule has 5 heteroatoms. The molecular weight excluding hydrogens is 249 g/mol. The van der Waals surface area contributed by atoms with Crippen molar-refractivity contribution >= 4 is 29.1 Å². The number of hydrogen-bond donors (Lipinski definition) is 0. The lowest BCUT2D eigenvalue weighted by Gasteiger charge is -2.23. The van der Waals surface area contributed by atoms with Gasteiger partial charge in [0, 0.05) is 12.1 Å². The zero-order valence-corrected chi connectivity index (χ0v) is 9.99. The summed E-state index contributed by atoms with van der Waals surface area (Å²) < 4.78 is 5.51. The summed E-state index contributed by atoms with van der Waals surface area (Å²) >= 11 is 11.2. The van der Waals surface area contributed by atoms with Gasteiger partial charge in [-0.25, -0.2) is 0 Å². The first-order chi connectivity index (χ1) is 7.70. The molecule has 16 heavy (non-hydrogen) atoms. The summed E-state index contributed by atoms with van der Waals surface area (Å²) in [6.07, 6.45) is -0.367. The SMILES string of the molecule is O=C(C(Cl)Cl)N1CCOC1c1ccccc1. The van der Waals surface area contributed by atoms with Crippen LogP contribution in [0.4, 0.5) is 0 Å². The first-order valence-electron chi connectivity index (χ1n) is 4.95. The Morgan fingerprint density at radius 2 is 2.06 bits per heavy atom. The van der Waals surface area contributed by atoms with Crippen molar-refractivity contribution in [2.75, 3.05) is 13.2 Å². The molecule has 0 N–H and O–H groups in total. The predicted molar refractivity (Wildman–Crippen MR) is 62.3 cm³/mol. The second-order valence-corrected chi connectivity index (χ2v) is 4.56. The van der Waals surface area contributed by atoms with E-state index in [4.69, 9.17) is 27.9 Å². The van der Waals surface area contributed by atoms with E-state index in [-0.39, 0.29) is 12.1 Å². The molecule has 3 nitrogen and oxygen atoms in total. The minimum Gasteiger partial charge on any atom is -0.352 e. The Balaban J connectivity index is 2.19. The summed E-state index contributed by atoms with van der Waals surface area (Å²) in [6, 6.07) is 9.54. The highest BCUT2D eigenvalue weighted by molar-refractivity contribution is 6.53. The Morgan fingerprint density at radius 3 is 2.69 bits per heavy atom. The van der Waals surface area contributed by atoms with E-state index >= 15 is 0 Å². The third kappa shape index (κ3) is 2.32. The van der Waals surface area contributed by atoms with Gasteiger partial charge >= 0.3 is 0 Å². The summed E-state index contributed by atoms with van der Waals surface area (Å²) in [5.74, 6) is -0.310. The van der Waals surface area contributed by atoms with Crippen LogP contribution in [0.15, 0.2) is 30.3 Å². The van der Waals surface area contributed by atoms with Crippen LogP contribution >= 0.6 is 23.2 Å². The quantitative estimate of drug-likeness (QED) is 0.764. The van der Waals surface area contributed by atoms with Gasteiger partial charge in [-0.3, -0.25) is 4.79 Å². The molecule has 1 fully saturated rings. The number of halogens is 2. The molecule has 1 atom stereocenters. The van der Waals surface area contributed by atoms with Gasteiger partial charge < -0.3 is 9.64 Å². The fraction of sp³-hybridized carbons (Fsp3) is 0.364. The molecule has 1 saturated heterocycles. The van der Waals surface area contributed by atoms with Crippen molar-refractivity contribution in [1.29, 1.82) is 0 Å². The Hall–Kier alpha value is -0.770. The molecule has 1 heterocycles. The second-order valence-electron chi connectivity index (χ2n) is 3.47. The minimum atomic E-state index is -1.03. The zero-order chi connectivity index (χ0) is 11.5. The molecule has 2 rings (SSSR count). The minimum absolute atomic E-state index is 0.310. The summed E-state index contributed by atoms with van der Waals surface area (Å²) in [5, 5.41) is 0. The van der Waals surface area contributed by atoms with Crippen LogP contribution in [-0.2, 0) is 9.53 Å². The van der Waals surface area contributed by atoms with Crippen molar-refractivity contribution in [3.8, 4) is 0 Å². The Kier molecular flexibility index (Phi) is 3.69. The van der Waals surface area contributed by atoms with Crippen LogP contribution in [0.1, 0.15) is 11.8 Å². The lowest BCUT2D eigenvalue weighted by atomic mass is 10.2. The highest BCUT2D eigenvalue weighted by Gasteiger charge is 2.33. The largest absolute Gasteiger partial charge is 0.352 e. The molecule has 1 aliphatic rings. The molecule has 1 unspecified atom stereocenters. The van der Waals surface area contributed by atoms with E-state index in [0.717, 1.165) is 5.56 Å². The van der Waals surface area contributed by atoms with Crippen molar-refractivity contribution in [3.05, 3.63) is 35.9 Å². The monoisotopic (exact) mass is 259 g/mol. The van der Waals surface area contributed by atoms with E-state index in [0.29, 0.717) is 13.2 Å². The number of ether oxygens (including phenoxy) is 1. The molecule has 0 spiro atoms. The van der Waals surface area contributed by atoms with Crippen LogP contribution in [0.25, 0.3) is 0 Å². The van der Waals surface area contributed by atoms with E-state index in [1.54, 1.807) is 4.90 Å². The molecular formula is C11H11Cl2NO2. The molecule has 0 saturated carbocycles. The number of carbonyl (C=O) groups excluding carboxylic acids is 1. The van der Waals surface area contributed by atoms with Crippen molar-refractivity contribution in [2.24, 2.45) is 0 Å². The van der Waals surface area contributed by atoms with Crippen LogP contribution < -0.4 is 0 Å². The Labute approximate surface area is 104 Å². The predicted octanol–water partition coefficient (Wildman–Crippen LogP) is 2.35. The number of amides is 1. The van der Waals surface area contributed by atoms with Crippen molar-refractivity contribution in [2.45, 2.75) is 11.1 Å². The summed E-state index contributed by atoms with van der Waals surface area (Å²) in [4.78, 5) is 12.2. The number of benzene rings is 1. The van der Waals surface area contributed by atoms with Crippen LogP contribution in [0.5, 0.6) is 0 Å². The van der Waals surface area contributed by atoms with Gasteiger partial charge in [-0.2, -0.15) is 0 Å². The standard InChI is InChI=1S/C11H11Cl2NO2/c12-9(13)10(15)14-6-7-16-11(14)8-4-2-1-3-5-8/h1-5,9,11H,6-7H2. The van der Waals surface area contributed by atoms with Gasteiger partial charge in [-0.1, -0.05) is 53.5 Å². The molecule has 1 aromatic rings. The highest BCUT2D eigenvalue weighted by atomic mass is 35.5. The Bertz CT molecular complexity index is 370. The van der Waals surface area contributed by atoms with E-state index in [1.165, 1.54) is 0 Å². The number of nitrogens with zero attached hydrogens (tertiary/aromatic N) is 1. The Morgan fingerprint density at radius 1 is 1.38 bits per heavy atom. The third-order valence-corrected chi connectivity index (χ3v) is 2.82. The van der Waals surface area contributed by atoms with Gasteiger partial charge in [0.1, 0.15) is 0 Å². The average Bonchev–Trinajstić information content (AvgIpc) is 2.77. The third-order valence-electron chi connectivity index (χ3n) is 2.45. The molecule has 0 bridgehead atoms.